The normalized spacial score (nSPS) is 14.0. The van der Waals surface area contributed by atoms with E-state index in [1.165, 1.54) is 5.56 Å². The van der Waals surface area contributed by atoms with Gasteiger partial charge in [-0.05, 0) is 30.2 Å². The highest BCUT2D eigenvalue weighted by Gasteiger charge is 2.24. The smallest absolute Gasteiger partial charge is 0.253 e. The lowest BCUT2D eigenvalue weighted by Crippen LogP contribution is -2.49. The van der Waals surface area contributed by atoms with Gasteiger partial charge in [0.05, 0.1) is 19.7 Å². The molecule has 162 valence electrons. The lowest BCUT2D eigenvalue weighted by molar-refractivity contribution is 0.0746. The Labute approximate surface area is 181 Å². The number of ether oxygens (including phenoxy) is 2. The second-order valence-corrected chi connectivity index (χ2v) is 7.46. The number of benzene rings is 2. The van der Waals surface area contributed by atoms with Gasteiger partial charge in [0, 0.05) is 43.2 Å². The number of aromatic nitrogens is 2. The number of methoxy groups -OCH3 is 2. The van der Waals surface area contributed by atoms with E-state index in [0.717, 1.165) is 12.0 Å². The molecule has 2 heterocycles. The van der Waals surface area contributed by atoms with Gasteiger partial charge in [0.25, 0.3) is 5.91 Å². The first-order valence-corrected chi connectivity index (χ1v) is 10.4. The molecule has 2 aromatic carbocycles. The van der Waals surface area contributed by atoms with Gasteiger partial charge >= 0.3 is 0 Å². The van der Waals surface area contributed by atoms with Gasteiger partial charge in [-0.1, -0.05) is 19.1 Å². The summed E-state index contributed by atoms with van der Waals surface area (Å²) in [7, 11) is 3.16. The molecule has 0 saturated carbocycles. The van der Waals surface area contributed by atoms with Gasteiger partial charge in [-0.25, -0.2) is 4.98 Å². The van der Waals surface area contributed by atoms with Crippen LogP contribution in [0.4, 0.5) is 11.8 Å². The predicted octanol–water partition coefficient (Wildman–Crippen LogP) is 2.75. The summed E-state index contributed by atoms with van der Waals surface area (Å²) in [6.45, 7) is 4.57. The summed E-state index contributed by atoms with van der Waals surface area (Å²) >= 11 is 0. The molecule has 0 spiro atoms. The first-order valence-electron chi connectivity index (χ1n) is 10.4. The summed E-state index contributed by atoms with van der Waals surface area (Å²) in [6.07, 6.45) is 0.959. The Kier molecular flexibility index (Phi) is 5.79. The zero-order valence-electron chi connectivity index (χ0n) is 18.1. The van der Waals surface area contributed by atoms with Crippen molar-refractivity contribution < 1.29 is 14.3 Å². The van der Waals surface area contributed by atoms with Crippen LogP contribution in [0.2, 0.25) is 0 Å². The molecule has 1 aliphatic heterocycles. The van der Waals surface area contributed by atoms with Crippen molar-refractivity contribution in [1.29, 1.82) is 0 Å². The fourth-order valence-electron chi connectivity index (χ4n) is 3.78. The van der Waals surface area contributed by atoms with Crippen LogP contribution >= 0.6 is 0 Å². The number of hydrogen-bond donors (Lipinski definition) is 1. The quantitative estimate of drug-likeness (QED) is 0.677. The van der Waals surface area contributed by atoms with E-state index < -0.39 is 0 Å². The van der Waals surface area contributed by atoms with Crippen LogP contribution in [0.5, 0.6) is 11.5 Å². The number of nitrogens with two attached hydrogens (primary N) is 1. The second-order valence-electron chi connectivity index (χ2n) is 7.46. The van der Waals surface area contributed by atoms with E-state index in [2.05, 4.69) is 21.8 Å². The molecular weight excluding hydrogens is 394 g/mol. The topological polar surface area (TPSA) is 93.8 Å². The molecular formula is C23H27N5O3. The highest BCUT2D eigenvalue weighted by Crippen LogP contribution is 2.34. The number of hydrogen-bond acceptors (Lipinski definition) is 7. The molecule has 8 heteroatoms. The summed E-state index contributed by atoms with van der Waals surface area (Å²) in [4.78, 5) is 25.9. The monoisotopic (exact) mass is 421 g/mol. The molecule has 0 aliphatic carbocycles. The summed E-state index contributed by atoms with van der Waals surface area (Å²) in [5.41, 5.74) is 8.85. The van der Waals surface area contributed by atoms with E-state index in [0.29, 0.717) is 60.3 Å². The molecule has 4 rings (SSSR count). The van der Waals surface area contributed by atoms with Crippen molar-refractivity contribution in [2.45, 2.75) is 13.3 Å². The molecule has 1 aromatic heterocycles. The number of nitrogen functional groups attached to an aromatic ring is 1. The molecule has 0 atom stereocenters. The number of amides is 1. The minimum Gasteiger partial charge on any atom is -0.493 e. The van der Waals surface area contributed by atoms with E-state index in [1.807, 2.05) is 29.2 Å². The Hall–Kier alpha value is -3.55. The summed E-state index contributed by atoms with van der Waals surface area (Å²) in [5.74, 6) is 2.16. The summed E-state index contributed by atoms with van der Waals surface area (Å²) in [6, 6.07) is 11.4. The largest absolute Gasteiger partial charge is 0.493 e. The first kappa shape index (κ1) is 20.7. The lowest BCUT2D eigenvalue weighted by Gasteiger charge is -2.35. The second kappa shape index (κ2) is 8.67. The number of carbonyl (C=O) groups excluding carboxylic acids is 1. The Morgan fingerprint density at radius 1 is 1.00 bits per heavy atom. The van der Waals surface area contributed by atoms with Crippen LogP contribution in [0.1, 0.15) is 22.8 Å². The van der Waals surface area contributed by atoms with Crippen LogP contribution in [0.25, 0.3) is 10.9 Å². The van der Waals surface area contributed by atoms with Crippen molar-refractivity contribution in [3.05, 3.63) is 47.5 Å². The van der Waals surface area contributed by atoms with Gasteiger partial charge in [0.15, 0.2) is 11.5 Å². The van der Waals surface area contributed by atoms with E-state index in [9.17, 15) is 4.79 Å². The minimum absolute atomic E-state index is 0.0538. The van der Waals surface area contributed by atoms with E-state index >= 15 is 0 Å². The standard InChI is InChI=1S/C23H27N5O3/c1-4-15-5-7-16(8-6-15)22(29)27-9-11-28(12-10-27)23-25-18-14-20(31-3)19(30-2)13-17(18)21(24)26-23/h5-8,13-14H,4,9-12H2,1-3H3,(H2,24,25,26). The fourth-order valence-corrected chi connectivity index (χ4v) is 3.78. The summed E-state index contributed by atoms with van der Waals surface area (Å²) in [5, 5.41) is 0.714. The highest BCUT2D eigenvalue weighted by molar-refractivity contribution is 5.94. The third kappa shape index (κ3) is 4.05. The number of anilines is 2. The van der Waals surface area contributed by atoms with Gasteiger partial charge in [0.2, 0.25) is 5.95 Å². The van der Waals surface area contributed by atoms with E-state index in [-0.39, 0.29) is 5.91 Å². The molecule has 1 amide bonds. The maximum absolute atomic E-state index is 12.8. The van der Waals surface area contributed by atoms with Gasteiger partial charge in [-0.2, -0.15) is 4.98 Å². The van der Waals surface area contributed by atoms with Crippen LogP contribution in [0.15, 0.2) is 36.4 Å². The number of carbonyl (C=O) groups is 1. The van der Waals surface area contributed by atoms with Gasteiger partial charge in [0.1, 0.15) is 5.82 Å². The van der Waals surface area contributed by atoms with Gasteiger partial charge in [-0.3, -0.25) is 4.79 Å². The molecule has 3 aromatic rings. The predicted molar refractivity (Wildman–Crippen MR) is 121 cm³/mol. The minimum atomic E-state index is 0.0538. The Morgan fingerprint density at radius 2 is 1.65 bits per heavy atom. The van der Waals surface area contributed by atoms with Crippen molar-refractivity contribution in [2.24, 2.45) is 0 Å². The molecule has 1 aliphatic rings. The number of piperazine rings is 1. The van der Waals surface area contributed by atoms with Crippen LogP contribution in [-0.4, -0.2) is 61.2 Å². The number of nitrogens with zero attached hydrogens (tertiary/aromatic N) is 4. The van der Waals surface area contributed by atoms with Crippen molar-refractivity contribution >= 4 is 28.6 Å². The van der Waals surface area contributed by atoms with Crippen molar-refractivity contribution in [1.82, 2.24) is 14.9 Å². The third-order valence-corrected chi connectivity index (χ3v) is 5.68. The average molecular weight is 422 g/mol. The maximum atomic E-state index is 12.8. The Bertz CT molecular complexity index is 1090. The third-order valence-electron chi connectivity index (χ3n) is 5.68. The maximum Gasteiger partial charge on any atom is 0.253 e. The molecule has 31 heavy (non-hydrogen) atoms. The molecule has 1 fully saturated rings. The molecule has 0 unspecified atom stereocenters. The van der Waals surface area contributed by atoms with Crippen molar-refractivity contribution in [2.75, 3.05) is 51.0 Å². The zero-order valence-corrected chi connectivity index (χ0v) is 18.1. The van der Waals surface area contributed by atoms with E-state index in [4.69, 9.17) is 15.2 Å². The van der Waals surface area contributed by atoms with Crippen LogP contribution < -0.4 is 20.1 Å². The molecule has 1 saturated heterocycles. The van der Waals surface area contributed by atoms with Crippen LogP contribution in [0.3, 0.4) is 0 Å². The van der Waals surface area contributed by atoms with Crippen molar-refractivity contribution in [3.63, 3.8) is 0 Å². The first-order chi connectivity index (χ1) is 15.0. The molecule has 0 bridgehead atoms. The lowest BCUT2D eigenvalue weighted by atomic mass is 10.1. The average Bonchev–Trinajstić information content (AvgIpc) is 2.82. The molecule has 0 radical (unpaired) electrons. The summed E-state index contributed by atoms with van der Waals surface area (Å²) < 4.78 is 10.7. The Morgan fingerprint density at radius 3 is 2.26 bits per heavy atom. The van der Waals surface area contributed by atoms with Crippen LogP contribution in [-0.2, 0) is 6.42 Å². The van der Waals surface area contributed by atoms with Crippen molar-refractivity contribution in [3.8, 4) is 11.5 Å². The highest BCUT2D eigenvalue weighted by atomic mass is 16.5. The molecule has 8 nitrogen and oxygen atoms in total. The molecule has 2 N–H and O–H groups in total. The van der Waals surface area contributed by atoms with E-state index in [1.54, 1.807) is 26.4 Å². The fraction of sp³-hybridized carbons (Fsp3) is 0.348. The van der Waals surface area contributed by atoms with Crippen LogP contribution in [0, 0.1) is 0 Å². The SMILES string of the molecule is CCc1ccc(C(=O)N2CCN(c3nc(N)c4cc(OC)c(OC)cc4n3)CC2)cc1. The number of rotatable bonds is 5. The zero-order chi connectivity index (χ0) is 22.0. The van der Waals surface area contributed by atoms with Gasteiger partial charge < -0.3 is 25.0 Å². The number of aryl methyl sites for hydroxylation is 1. The number of fused-ring (bicyclic) bond motifs is 1. The van der Waals surface area contributed by atoms with Gasteiger partial charge in [-0.15, -0.1) is 0 Å². The Balaban J connectivity index is 1.50.